The maximum atomic E-state index is 15.0. The molecule has 0 radical (unpaired) electrons. The molecule has 1 saturated heterocycles. The number of nitrogens with zero attached hydrogens (tertiary/aromatic N) is 2. The van der Waals surface area contributed by atoms with E-state index in [1.165, 1.54) is 0 Å². The minimum atomic E-state index is -0.664. The van der Waals surface area contributed by atoms with Crippen molar-refractivity contribution in [1.82, 2.24) is 4.90 Å². The number of anilines is 1. The Morgan fingerprint density at radius 3 is 2.59 bits per heavy atom. The SMILES string of the molecule is C.CO[C@H]1CCC[C@@H](C(=O)N2CCN(c3cccc(COC(=O)CC(=N)N)c3F)CC2)C1. The number of rotatable bonds is 7. The first-order valence-corrected chi connectivity index (χ1v) is 10.7. The van der Waals surface area contributed by atoms with E-state index in [2.05, 4.69) is 0 Å². The lowest BCUT2D eigenvalue weighted by Gasteiger charge is -2.39. The zero-order chi connectivity index (χ0) is 22.4. The third-order valence-corrected chi connectivity index (χ3v) is 6.02. The fourth-order valence-corrected chi connectivity index (χ4v) is 4.30. The highest BCUT2D eigenvalue weighted by Crippen LogP contribution is 2.29. The van der Waals surface area contributed by atoms with Gasteiger partial charge in [-0.05, 0) is 25.3 Å². The van der Waals surface area contributed by atoms with Crippen LogP contribution in [0.4, 0.5) is 10.1 Å². The number of amidine groups is 1. The number of methoxy groups -OCH3 is 1. The second kappa shape index (κ2) is 11.8. The minimum absolute atomic E-state index is 0. The molecular formula is C23H35FN4O4. The molecular weight excluding hydrogens is 415 g/mol. The van der Waals surface area contributed by atoms with Crippen LogP contribution in [0.5, 0.6) is 0 Å². The van der Waals surface area contributed by atoms with Gasteiger partial charge in [-0.1, -0.05) is 26.0 Å². The number of nitrogens with one attached hydrogen (secondary N) is 1. The fourth-order valence-electron chi connectivity index (χ4n) is 4.30. The number of nitrogens with two attached hydrogens (primary N) is 1. The highest BCUT2D eigenvalue weighted by Gasteiger charge is 2.32. The summed E-state index contributed by atoms with van der Waals surface area (Å²) < 4.78 is 25.5. The average Bonchev–Trinajstić information content (AvgIpc) is 2.77. The highest BCUT2D eigenvalue weighted by molar-refractivity contribution is 5.94. The molecule has 2 fully saturated rings. The Hall–Kier alpha value is -2.68. The van der Waals surface area contributed by atoms with Crippen molar-refractivity contribution in [2.45, 2.75) is 52.2 Å². The normalized spacial score (nSPS) is 20.9. The van der Waals surface area contributed by atoms with Crippen LogP contribution in [-0.2, 0) is 25.7 Å². The number of benzene rings is 1. The average molecular weight is 451 g/mol. The summed E-state index contributed by atoms with van der Waals surface area (Å²) in [6.07, 6.45) is 3.53. The van der Waals surface area contributed by atoms with Crippen molar-refractivity contribution in [2.24, 2.45) is 11.7 Å². The van der Waals surface area contributed by atoms with Crippen molar-refractivity contribution >= 4 is 23.4 Å². The van der Waals surface area contributed by atoms with Crippen molar-refractivity contribution in [1.29, 1.82) is 5.41 Å². The van der Waals surface area contributed by atoms with Gasteiger partial charge in [0.05, 0.1) is 11.8 Å². The fraction of sp³-hybridized carbons (Fsp3) is 0.609. The molecule has 1 aromatic rings. The van der Waals surface area contributed by atoms with E-state index >= 15 is 4.39 Å². The molecule has 9 heteroatoms. The number of halogens is 1. The summed E-state index contributed by atoms with van der Waals surface area (Å²) in [4.78, 5) is 28.3. The summed E-state index contributed by atoms with van der Waals surface area (Å²) in [5.41, 5.74) is 5.87. The monoisotopic (exact) mass is 450 g/mol. The predicted octanol–water partition coefficient (Wildman–Crippen LogP) is 2.68. The van der Waals surface area contributed by atoms with Crippen molar-refractivity contribution in [3.63, 3.8) is 0 Å². The third-order valence-electron chi connectivity index (χ3n) is 6.02. The number of amides is 1. The molecule has 3 rings (SSSR count). The lowest BCUT2D eigenvalue weighted by Crippen LogP contribution is -2.51. The van der Waals surface area contributed by atoms with Gasteiger partial charge in [0.1, 0.15) is 18.9 Å². The quantitative estimate of drug-likeness (QED) is 0.376. The Kier molecular flexibility index (Phi) is 9.43. The van der Waals surface area contributed by atoms with Gasteiger partial charge in [0, 0.05) is 44.8 Å². The predicted molar refractivity (Wildman–Crippen MR) is 121 cm³/mol. The topological polar surface area (TPSA) is 109 Å². The van der Waals surface area contributed by atoms with E-state index in [-0.39, 0.29) is 49.8 Å². The van der Waals surface area contributed by atoms with Crippen molar-refractivity contribution in [3.05, 3.63) is 29.6 Å². The minimum Gasteiger partial charge on any atom is -0.460 e. The third kappa shape index (κ3) is 6.41. The molecule has 2 atom stereocenters. The lowest BCUT2D eigenvalue weighted by atomic mass is 9.86. The molecule has 1 aliphatic carbocycles. The smallest absolute Gasteiger partial charge is 0.313 e. The molecule has 1 amide bonds. The maximum Gasteiger partial charge on any atom is 0.313 e. The van der Waals surface area contributed by atoms with Gasteiger partial charge in [0.15, 0.2) is 5.82 Å². The van der Waals surface area contributed by atoms with Crippen LogP contribution in [-0.4, -0.2) is 62.0 Å². The van der Waals surface area contributed by atoms with Crippen LogP contribution < -0.4 is 10.6 Å². The Labute approximate surface area is 189 Å². The van der Waals surface area contributed by atoms with Crippen LogP contribution in [0.3, 0.4) is 0 Å². The number of piperazine rings is 1. The molecule has 1 aliphatic heterocycles. The first kappa shape index (κ1) is 25.6. The molecule has 0 bridgehead atoms. The van der Waals surface area contributed by atoms with Gasteiger partial charge >= 0.3 is 5.97 Å². The molecule has 1 heterocycles. The van der Waals surface area contributed by atoms with Gasteiger partial charge in [-0.3, -0.25) is 15.0 Å². The largest absolute Gasteiger partial charge is 0.460 e. The molecule has 2 aliphatic rings. The number of hydrogen-bond acceptors (Lipinski definition) is 6. The molecule has 0 spiro atoms. The Balaban J connectivity index is 0.00000363. The maximum absolute atomic E-state index is 15.0. The summed E-state index contributed by atoms with van der Waals surface area (Å²) in [5, 5.41) is 7.11. The van der Waals surface area contributed by atoms with Crippen LogP contribution in [0.15, 0.2) is 18.2 Å². The van der Waals surface area contributed by atoms with Crippen LogP contribution in [0.1, 0.15) is 45.1 Å². The Bertz CT molecular complexity index is 811. The van der Waals surface area contributed by atoms with Crippen molar-refractivity contribution < 1.29 is 23.5 Å². The molecule has 1 aromatic carbocycles. The number of carbonyl (C=O) groups excluding carboxylic acids is 2. The number of hydrogen-bond donors (Lipinski definition) is 2. The second-order valence-electron chi connectivity index (χ2n) is 8.15. The first-order chi connectivity index (χ1) is 14.9. The van der Waals surface area contributed by atoms with E-state index in [0.29, 0.717) is 31.9 Å². The van der Waals surface area contributed by atoms with Crippen LogP contribution in [0.25, 0.3) is 0 Å². The van der Waals surface area contributed by atoms with E-state index in [9.17, 15) is 9.59 Å². The van der Waals surface area contributed by atoms with Gasteiger partial charge < -0.3 is 25.0 Å². The molecule has 8 nitrogen and oxygen atoms in total. The number of carbonyl (C=O) groups is 2. The molecule has 32 heavy (non-hydrogen) atoms. The summed E-state index contributed by atoms with van der Waals surface area (Å²) in [7, 11) is 1.70. The van der Waals surface area contributed by atoms with Crippen LogP contribution >= 0.6 is 0 Å². The zero-order valence-corrected chi connectivity index (χ0v) is 17.9. The highest BCUT2D eigenvalue weighted by atomic mass is 19.1. The molecule has 0 unspecified atom stereocenters. The van der Waals surface area contributed by atoms with E-state index in [1.807, 2.05) is 9.80 Å². The van der Waals surface area contributed by atoms with E-state index in [0.717, 1.165) is 25.7 Å². The number of esters is 1. The van der Waals surface area contributed by atoms with E-state index in [4.69, 9.17) is 20.6 Å². The first-order valence-electron chi connectivity index (χ1n) is 10.7. The second-order valence-corrected chi connectivity index (χ2v) is 8.15. The van der Waals surface area contributed by atoms with Gasteiger partial charge in [-0.25, -0.2) is 4.39 Å². The molecule has 1 saturated carbocycles. The summed E-state index contributed by atoms with van der Waals surface area (Å²) in [6, 6.07) is 4.98. The van der Waals surface area contributed by atoms with Crippen LogP contribution in [0, 0.1) is 17.1 Å². The van der Waals surface area contributed by atoms with E-state index in [1.54, 1.807) is 25.3 Å². The van der Waals surface area contributed by atoms with Gasteiger partial charge in [-0.15, -0.1) is 0 Å². The van der Waals surface area contributed by atoms with Gasteiger partial charge in [0.25, 0.3) is 0 Å². The Morgan fingerprint density at radius 1 is 1.22 bits per heavy atom. The van der Waals surface area contributed by atoms with E-state index < -0.39 is 11.8 Å². The van der Waals surface area contributed by atoms with Crippen molar-refractivity contribution in [3.8, 4) is 0 Å². The van der Waals surface area contributed by atoms with Crippen LogP contribution in [0.2, 0.25) is 0 Å². The van der Waals surface area contributed by atoms with Gasteiger partial charge in [-0.2, -0.15) is 0 Å². The lowest BCUT2D eigenvalue weighted by molar-refractivity contribution is -0.143. The standard InChI is InChI=1S/C22H31FN4O4.CH4/c1-30-17-6-2-4-15(12-17)22(29)27-10-8-26(9-11-27)18-7-3-5-16(21(18)23)14-31-20(28)13-19(24)25;/h3,5,7,15,17H,2,4,6,8-14H2,1H3,(H3,24,25);1H4/t15-,17+;/m1./s1. The molecule has 178 valence electrons. The molecule has 0 aromatic heterocycles. The van der Waals surface area contributed by atoms with Crippen molar-refractivity contribution in [2.75, 3.05) is 38.2 Å². The molecule has 3 N–H and O–H groups in total. The Morgan fingerprint density at radius 2 is 1.94 bits per heavy atom. The summed E-state index contributed by atoms with van der Waals surface area (Å²) >= 11 is 0. The summed E-state index contributed by atoms with van der Waals surface area (Å²) in [6.45, 7) is 1.95. The zero-order valence-electron chi connectivity index (χ0n) is 17.9. The number of ether oxygens (including phenoxy) is 2. The summed E-state index contributed by atoms with van der Waals surface area (Å²) in [5.74, 6) is -1.21. The van der Waals surface area contributed by atoms with Gasteiger partial charge in [0.2, 0.25) is 5.91 Å².